The van der Waals surface area contributed by atoms with Crippen LogP contribution in [0.25, 0.3) is 0 Å². The number of rotatable bonds is 8. The lowest BCUT2D eigenvalue weighted by molar-refractivity contribution is -0.166. The number of unbranched alkanes of at least 4 members (excludes halogenated alkanes) is 1. The molecule has 3 rings (SSSR count). The molecule has 158 valence electrons. The Labute approximate surface area is 171 Å². The van der Waals surface area contributed by atoms with Gasteiger partial charge in [0.05, 0.1) is 13.1 Å². The second-order valence-electron chi connectivity index (χ2n) is 8.15. The predicted octanol–water partition coefficient (Wildman–Crippen LogP) is 0.820. The van der Waals surface area contributed by atoms with E-state index in [1.165, 1.54) is 19.4 Å². The normalized spacial score (nSPS) is 18.1. The Kier molecular flexibility index (Phi) is 6.52. The van der Waals surface area contributed by atoms with Gasteiger partial charge in [0.1, 0.15) is 17.5 Å². The van der Waals surface area contributed by atoms with Gasteiger partial charge in [0, 0.05) is 25.6 Å². The smallest absolute Gasteiger partial charge is 0.222 e. The Bertz CT molecular complexity index is 789. The van der Waals surface area contributed by atoms with Crippen LogP contribution in [0.5, 0.6) is 0 Å². The average molecular weight is 402 g/mol. The second kappa shape index (κ2) is 8.90. The highest BCUT2D eigenvalue weighted by Crippen LogP contribution is 2.27. The summed E-state index contributed by atoms with van der Waals surface area (Å²) in [6, 6.07) is 3.22. The Morgan fingerprint density at radius 1 is 1.28 bits per heavy atom. The number of aryl methyl sites for hydroxylation is 2. The molecule has 2 aliphatic heterocycles. The van der Waals surface area contributed by atoms with Crippen LogP contribution in [-0.4, -0.2) is 63.9 Å². The summed E-state index contributed by atoms with van der Waals surface area (Å²) in [6.45, 7) is 3.72. The SMILES string of the molecule is CC(=O)NC(C(C)=O)C1(O)CN(C(=O)CCCCc2ccc3c(n2)NCCC3)C1. The number of ketones is 1. The van der Waals surface area contributed by atoms with E-state index in [9.17, 15) is 19.5 Å². The molecule has 1 aromatic heterocycles. The van der Waals surface area contributed by atoms with Gasteiger partial charge in [-0.25, -0.2) is 4.98 Å². The van der Waals surface area contributed by atoms with Gasteiger partial charge < -0.3 is 20.6 Å². The van der Waals surface area contributed by atoms with Crippen LogP contribution in [0.3, 0.4) is 0 Å². The van der Waals surface area contributed by atoms with Crippen LogP contribution in [0.15, 0.2) is 12.1 Å². The van der Waals surface area contributed by atoms with Gasteiger partial charge in [-0.2, -0.15) is 0 Å². The number of aliphatic hydroxyl groups is 1. The first-order valence-electron chi connectivity index (χ1n) is 10.3. The van der Waals surface area contributed by atoms with Gasteiger partial charge in [-0.1, -0.05) is 6.07 Å². The van der Waals surface area contributed by atoms with E-state index in [1.807, 2.05) is 0 Å². The van der Waals surface area contributed by atoms with E-state index in [4.69, 9.17) is 0 Å². The fourth-order valence-electron chi connectivity index (χ4n) is 4.04. The standard InChI is InChI=1S/C21H30N4O4/c1-14(26)19(23-15(2)27)21(29)12-25(13-21)18(28)8-4-3-7-17-10-9-16-6-5-11-22-20(16)24-17/h9-10,19,29H,3-8,11-13H2,1-2H3,(H,22,24)(H,23,27). The molecule has 1 fully saturated rings. The lowest BCUT2D eigenvalue weighted by Crippen LogP contribution is -2.73. The first-order valence-corrected chi connectivity index (χ1v) is 10.3. The van der Waals surface area contributed by atoms with E-state index in [2.05, 4.69) is 27.8 Å². The maximum absolute atomic E-state index is 12.3. The van der Waals surface area contributed by atoms with Gasteiger partial charge in [0.15, 0.2) is 5.78 Å². The summed E-state index contributed by atoms with van der Waals surface area (Å²) in [4.78, 5) is 41.6. The van der Waals surface area contributed by atoms with Crippen molar-refractivity contribution in [1.82, 2.24) is 15.2 Å². The molecule has 8 nitrogen and oxygen atoms in total. The number of nitrogens with one attached hydrogen (secondary N) is 2. The molecule has 0 bridgehead atoms. The number of hydrogen-bond acceptors (Lipinski definition) is 6. The topological polar surface area (TPSA) is 112 Å². The molecule has 1 saturated heterocycles. The van der Waals surface area contributed by atoms with Gasteiger partial charge in [-0.15, -0.1) is 0 Å². The molecule has 1 atom stereocenters. The van der Waals surface area contributed by atoms with Gasteiger partial charge >= 0.3 is 0 Å². The van der Waals surface area contributed by atoms with Crippen molar-refractivity contribution in [2.75, 3.05) is 25.0 Å². The fourth-order valence-corrected chi connectivity index (χ4v) is 4.04. The molecule has 1 aromatic rings. The Morgan fingerprint density at radius 3 is 2.72 bits per heavy atom. The van der Waals surface area contributed by atoms with Crippen molar-refractivity contribution in [3.8, 4) is 0 Å². The van der Waals surface area contributed by atoms with E-state index in [0.29, 0.717) is 6.42 Å². The predicted molar refractivity (Wildman–Crippen MR) is 108 cm³/mol. The summed E-state index contributed by atoms with van der Waals surface area (Å²) in [5, 5.41) is 16.4. The van der Waals surface area contributed by atoms with Crippen molar-refractivity contribution in [2.45, 2.75) is 64.0 Å². The molecular weight excluding hydrogens is 372 g/mol. The first-order chi connectivity index (χ1) is 13.8. The van der Waals surface area contributed by atoms with Gasteiger partial charge in [-0.3, -0.25) is 14.4 Å². The highest BCUT2D eigenvalue weighted by Gasteiger charge is 2.51. The third-order valence-electron chi connectivity index (χ3n) is 5.60. The molecule has 8 heteroatoms. The molecule has 2 aliphatic rings. The molecule has 0 saturated carbocycles. The number of likely N-dealkylation sites (tertiary alicyclic amines) is 1. The second-order valence-corrected chi connectivity index (χ2v) is 8.15. The lowest BCUT2D eigenvalue weighted by atomic mass is 9.83. The number of pyridine rings is 1. The summed E-state index contributed by atoms with van der Waals surface area (Å²) < 4.78 is 0. The van der Waals surface area contributed by atoms with Crippen molar-refractivity contribution in [3.63, 3.8) is 0 Å². The largest absolute Gasteiger partial charge is 0.384 e. The zero-order chi connectivity index (χ0) is 21.0. The molecule has 0 aromatic carbocycles. The number of hydrogen-bond donors (Lipinski definition) is 3. The Balaban J connectivity index is 1.41. The van der Waals surface area contributed by atoms with E-state index in [-0.39, 0.29) is 30.7 Å². The minimum absolute atomic E-state index is 0.0418. The number of nitrogens with zero attached hydrogens (tertiary/aromatic N) is 2. The number of β-amino-alcohol motifs (C(OH)–C–C–N with tert-alkyl or cyclic N) is 1. The first kappa shape index (κ1) is 21.2. The summed E-state index contributed by atoms with van der Waals surface area (Å²) in [7, 11) is 0. The van der Waals surface area contributed by atoms with E-state index in [1.54, 1.807) is 4.90 Å². The summed E-state index contributed by atoms with van der Waals surface area (Å²) in [5.74, 6) is 0.250. The molecule has 1 unspecified atom stereocenters. The number of anilines is 1. The number of amides is 2. The van der Waals surface area contributed by atoms with Crippen molar-refractivity contribution in [1.29, 1.82) is 0 Å². The molecule has 0 radical (unpaired) electrons. The maximum atomic E-state index is 12.3. The van der Waals surface area contributed by atoms with Crippen LogP contribution in [0.4, 0.5) is 5.82 Å². The third kappa shape index (κ3) is 5.12. The average Bonchev–Trinajstić information content (AvgIpc) is 2.66. The van der Waals surface area contributed by atoms with Crippen LogP contribution in [0.1, 0.15) is 50.8 Å². The quantitative estimate of drug-likeness (QED) is 0.555. The van der Waals surface area contributed by atoms with E-state index >= 15 is 0 Å². The molecule has 2 amide bonds. The van der Waals surface area contributed by atoms with E-state index in [0.717, 1.165) is 50.2 Å². The molecule has 3 N–H and O–H groups in total. The van der Waals surface area contributed by atoms with Gasteiger partial charge in [0.2, 0.25) is 11.8 Å². The molecule has 3 heterocycles. The fraction of sp³-hybridized carbons (Fsp3) is 0.619. The summed E-state index contributed by atoms with van der Waals surface area (Å²) in [5.41, 5.74) is 0.917. The van der Waals surface area contributed by atoms with Crippen LogP contribution in [0, 0.1) is 0 Å². The zero-order valence-corrected chi connectivity index (χ0v) is 17.2. The third-order valence-corrected chi connectivity index (χ3v) is 5.60. The molecular formula is C21H30N4O4. The number of Topliss-reactive ketones (excluding diaryl/α,β-unsaturated/α-hetero) is 1. The molecule has 29 heavy (non-hydrogen) atoms. The van der Waals surface area contributed by atoms with Crippen molar-refractivity contribution in [2.24, 2.45) is 0 Å². The van der Waals surface area contributed by atoms with Crippen molar-refractivity contribution >= 4 is 23.4 Å². The Morgan fingerprint density at radius 2 is 2.03 bits per heavy atom. The lowest BCUT2D eigenvalue weighted by Gasteiger charge is -2.49. The number of aromatic nitrogens is 1. The zero-order valence-electron chi connectivity index (χ0n) is 17.2. The highest BCUT2D eigenvalue weighted by molar-refractivity contribution is 5.88. The van der Waals surface area contributed by atoms with Crippen LogP contribution >= 0.6 is 0 Å². The summed E-state index contributed by atoms with van der Waals surface area (Å²) >= 11 is 0. The summed E-state index contributed by atoms with van der Waals surface area (Å²) in [6.07, 6.45) is 5.02. The van der Waals surface area contributed by atoms with E-state index < -0.39 is 11.6 Å². The van der Waals surface area contributed by atoms with Gasteiger partial charge in [-0.05, 0) is 50.7 Å². The number of fused-ring (bicyclic) bond motifs is 1. The Hall–Kier alpha value is -2.48. The van der Waals surface area contributed by atoms with Crippen LogP contribution in [0.2, 0.25) is 0 Å². The number of carbonyl (C=O) groups is 3. The molecule has 0 spiro atoms. The monoisotopic (exact) mass is 402 g/mol. The van der Waals surface area contributed by atoms with Crippen LogP contribution < -0.4 is 10.6 Å². The highest BCUT2D eigenvalue weighted by atomic mass is 16.3. The maximum Gasteiger partial charge on any atom is 0.222 e. The minimum atomic E-state index is -1.38. The van der Waals surface area contributed by atoms with Gasteiger partial charge in [0.25, 0.3) is 0 Å². The number of carbonyl (C=O) groups excluding carboxylic acids is 3. The van der Waals surface area contributed by atoms with Crippen molar-refractivity contribution in [3.05, 3.63) is 23.4 Å². The minimum Gasteiger partial charge on any atom is -0.384 e. The van der Waals surface area contributed by atoms with Crippen LogP contribution in [-0.2, 0) is 27.2 Å². The molecule has 0 aliphatic carbocycles. The van der Waals surface area contributed by atoms with Crippen molar-refractivity contribution < 1.29 is 19.5 Å².